The second-order valence-electron chi connectivity index (χ2n) is 4.93. The maximum atomic E-state index is 12.4. The zero-order chi connectivity index (χ0) is 12.4. The number of rotatable bonds is 2. The van der Waals surface area contributed by atoms with Gasteiger partial charge in [-0.1, -0.05) is 24.3 Å². The molecule has 0 aromatic heterocycles. The zero-order valence-corrected chi connectivity index (χ0v) is 10.7. The molecule has 1 unspecified atom stereocenters. The summed E-state index contributed by atoms with van der Waals surface area (Å²) in [5.41, 5.74) is 2.43. The largest absolute Gasteiger partial charge is 0.343 e. The van der Waals surface area contributed by atoms with E-state index >= 15 is 0 Å². The van der Waals surface area contributed by atoms with Gasteiger partial charge < -0.3 is 10.2 Å². The second kappa shape index (κ2) is 4.88. The number of hydrogen-bond acceptors (Lipinski definition) is 2. The lowest BCUT2D eigenvalue weighted by Gasteiger charge is -2.31. The molecule has 1 atom stereocenters. The van der Waals surface area contributed by atoms with Crippen molar-refractivity contribution < 1.29 is 4.79 Å². The van der Waals surface area contributed by atoms with Crippen LogP contribution in [0.15, 0.2) is 24.3 Å². The summed E-state index contributed by atoms with van der Waals surface area (Å²) in [6.07, 6.45) is 0. The van der Waals surface area contributed by atoms with Crippen molar-refractivity contribution in [2.45, 2.75) is 32.4 Å². The summed E-state index contributed by atoms with van der Waals surface area (Å²) in [5.74, 6) is 0.173. The highest BCUT2D eigenvalue weighted by Gasteiger charge is 2.28. The third kappa shape index (κ3) is 2.34. The summed E-state index contributed by atoms with van der Waals surface area (Å²) in [5, 5.41) is 3.32. The van der Waals surface area contributed by atoms with Crippen LogP contribution in [-0.2, 0) is 11.3 Å². The summed E-state index contributed by atoms with van der Waals surface area (Å²) in [6.45, 7) is 5.69. The highest BCUT2D eigenvalue weighted by atomic mass is 16.2. The molecule has 1 aromatic carbocycles. The molecule has 1 amide bonds. The fourth-order valence-electron chi connectivity index (χ4n) is 2.22. The Morgan fingerprint density at radius 1 is 1.41 bits per heavy atom. The summed E-state index contributed by atoms with van der Waals surface area (Å²) in [6, 6.07) is 8.46. The van der Waals surface area contributed by atoms with Crippen LogP contribution in [0.4, 0.5) is 0 Å². The topological polar surface area (TPSA) is 32.3 Å². The highest BCUT2D eigenvalue weighted by molar-refractivity contribution is 5.84. The minimum atomic E-state index is -0.0349. The van der Waals surface area contributed by atoms with Gasteiger partial charge in [-0.15, -0.1) is 0 Å². The lowest BCUT2D eigenvalue weighted by molar-refractivity contribution is -0.133. The smallest absolute Gasteiger partial charge is 0.231 e. The van der Waals surface area contributed by atoms with Gasteiger partial charge in [-0.05, 0) is 25.0 Å². The van der Waals surface area contributed by atoms with Crippen molar-refractivity contribution >= 4 is 5.91 Å². The molecule has 0 fully saturated rings. The van der Waals surface area contributed by atoms with Crippen LogP contribution in [0.1, 0.15) is 30.9 Å². The van der Waals surface area contributed by atoms with Gasteiger partial charge in [0.25, 0.3) is 0 Å². The number of nitrogens with zero attached hydrogens (tertiary/aromatic N) is 1. The van der Waals surface area contributed by atoms with Crippen molar-refractivity contribution in [3.05, 3.63) is 35.4 Å². The van der Waals surface area contributed by atoms with Crippen LogP contribution in [0.5, 0.6) is 0 Å². The monoisotopic (exact) mass is 232 g/mol. The minimum absolute atomic E-state index is 0.0349. The number of amides is 1. The van der Waals surface area contributed by atoms with Crippen molar-refractivity contribution in [1.82, 2.24) is 10.2 Å². The predicted molar refractivity (Wildman–Crippen MR) is 68.8 cm³/mol. The molecule has 1 N–H and O–H groups in total. The van der Waals surface area contributed by atoms with Crippen LogP contribution in [0.25, 0.3) is 0 Å². The number of benzene rings is 1. The molecule has 1 aliphatic rings. The van der Waals surface area contributed by atoms with Gasteiger partial charge in [-0.2, -0.15) is 0 Å². The quantitative estimate of drug-likeness (QED) is 0.842. The SMILES string of the molecule is CC(C)N(C)C(=O)C1CNCc2ccccc21. The molecule has 92 valence electrons. The Morgan fingerprint density at radius 3 is 2.82 bits per heavy atom. The number of nitrogens with one attached hydrogen (secondary N) is 1. The molecule has 0 radical (unpaired) electrons. The molecular weight excluding hydrogens is 212 g/mol. The number of fused-ring (bicyclic) bond motifs is 1. The maximum Gasteiger partial charge on any atom is 0.231 e. The summed E-state index contributed by atoms with van der Waals surface area (Å²) in [7, 11) is 1.88. The molecule has 2 rings (SSSR count). The van der Waals surface area contributed by atoms with Gasteiger partial charge in [0.15, 0.2) is 0 Å². The molecule has 17 heavy (non-hydrogen) atoms. The normalized spacial score (nSPS) is 18.9. The number of likely N-dealkylation sites (N-methyl/N-ethyl adjacent to an activating group) is 1. The Labute approximate surface area is 103 Å². The Kier molecular flexibility index (Phi) is 3.48. The van der Waals surface area contributed by atoms with Gasteiger partial charge in [-0.25, -0.2) is 0 Å². The molecular formula is C14H20N2O. The lowest BCUT2D eigenvalue weighted by atomic mass is 9.89. The molecule has 0 saturated carbocycles. The lowest BCUT2D eigenvalue weighted by Crippen LogP contribution is -2.42. The minimum Gasteiger partial charge on any atom is -0.343 e. The van der Waals surface area contributed by atoms with Gasteiger partial charge in [0.05, 0.1) is 5.92 Å². The average Bonchev–Trinajstić information content (AvgIpc) is 2.36. The van der Waals surface area contributed by atoms with E-state index in [2.05, 4.69) is 17.4 Å². The Hall–Kier alpha value is -1.35. The van der Waals surface area contributed by atoms with Crippen molar-refractivity contribution in [1.29, 1.82) is 0 Å². The van der Waals surface area contributed by atoms with Gasteiger partial charge in [0.2, 0.25) is 5.91 Å². The van der Waals surface area contributed by atoms with Gasteiger partial charge >= 0.3 is 0 Å². The molecule has 3 nitrogen and oxygen atoms in total. The van der Waals surface area contributed by atoms with Crippen LogP contribution in [0.3, 0.4) is 0 Å². The van der Waals surface area contributed by atoms with E-state index in [9.17, 15) is 4.79 Å². The van der Waals surface area contributed by atoms with E-state index in [4.69, 9.17) is 0 Å². The van der Waals surface area contributed by atoms with E-state index in [1.165, 1.54) is 11.1 Å². The van der Waals surface area contributed by atoms with Crippen molar-refractivity contribution in [2.75, 3.05) is 13.6 Å². The van der Waals surface area contributed by atoms with Crippen molar-refractivity contribution in [3.8, 4) is 0 Å². The number of carbonyl (C=O) groups is 1. The maximum absolute atomic E-state index is 12.4. The van der Waals surface area contributed by atoms with E-state index < -0.39 is 0 Å². The molecule has 0 bridgehead atoms. The first-order valence-electron chi connectivity index (χ1n) is 6.16. The van der Waals surface area contributed by atoms with E-state index in [-0.39, 0.29) is 17.9 Å². The first-order valence-corrected chi connectivity index (χ1v) is 6.16. The first-order chi connectivity index (χ1) is 8.11. The molecule has 0 spiro atoms. The zero-order valence-electron chi connectivity index (χ0n) is 10.7. The molecule has 1 aromatic rings. The molecule has 0 aliphatic carbocycles. The Bertz CT molecular complexity index is 414. The second-order valence-corrected chi connectivity index (χ2v) is 4.93. The Balaban J connectivity index is 2.27. The van der Waals surface area contributed by atoms with Crippen molar-refractivity contribution in [2.24, 2.45) is 0 Å². The average molecular weight is 232 g/mol. The standard InChI is InChI=1S/C14H20N2O/c1-10(2)16(3)14(17)13-9-15-8-11-6-4-5-7-12(11)13/h4-7,10,13,15H,8-9H2,1-3H3. The molecule has 1 heterocycles. The fourth-order valence-corrected chi connectivity index (χ4v) is 2.22. The third-order valence-electron chi connectivity index (χ3n) is 3.51. The Morgan fingerprint density at radius 2 is 2.12 bits per heavy atom. The van der Waals surface area contributed by atoms with Gasteiger partial charge in [-0.3, -0.25) is 4.79 Å². The first kappa shape index (κ1) is 12.1. The number of hydrogen-bond donors (Lipinski definition) is 1. The van der Waals surface area contributed by atoms with E-state index in [0.717, 1.165) is 13.1 Å². The summed E-state index contributed by atoms with van der Waals surface area (Å²) in [4.78, 5) is 14.2. The van der Waals surface area contributed by atoms with Gasteiger partial charge in [0.1, 0.15) is 0 Å². The van der Waals surface area contributed by atoms with Crippen LogP contribution in [0.2, 0.25) is 0 Å². The van der Waals surface area contributed by atoms with Crippen LogP contribution >= 0.6 is 0 Å². The summed E-state index contributed by atoms with van der Waals surface area (Å²) < 4.78 is 0. The fraction of sp³-hybridized carbons (Fsp3) is 0.500. The van der Waals surface area contributed by atoms with E-state index in [0.29, 0.717) is 0 Å². The van der Waals surface area contributed by atoms with Crippen LogP contribution < -0.4 is 5.32 Å². The molecule has 3 heteroatoms. The van der Waals surface area contributed by atoms with E-state index in [1.807, 2.05) is 37.9 Å². The highest BCUT2D eigenvalue weighted by Crippen LogP contribution is 2.25. The van der Waals surface area contributed by atoms with Crippen molar-refractivity contribution in [3.63, 3.8) is 0 Å². The van der Waals surface area contributed by atoms with E-state index in [1.54, 1.807) is 0 Å². The van der Waals surface area contributed by atoms with Crippen LogP contribution in [-0.4, -0.2) is 30.4 Å². The van der Waals surface area contributed by atoms with Gasteiger partial charge in [0, 0.05) is 26.2 Å². The number of carbonyl (C=O) groups excluding carboxylic acids is 1. The molecule has 1 aliphatic heterocycles. The third-order valence-corrected chi connectivity index (χ3v) is 3.51. The predicted octanol–water partition coefficient (Wildman–Crippen LogP) is 1.74. The summed E-state index contributed by atoms with van der Waals surface area (Å²) >= 11 is 0. The van der Waals surface area contributed by atoms with Crippen LogP contribution in [0, 0.1) is 0 Å². The molecule has 0 saturated heterocycles.